The molecule has 0 bridgehead atoms. The minimum Gasteiger partial charge on any atom is -0.381 e. The highest BCUT2D eigenvalue weighted by molar-refractivity contribution is 5.85. The summed E-state index contributed by atoms with van der Waals surface area (Å²) in [6.45, 7) is 2.32. The zero-order valence-corrected chi connectivity index (χ0v) is 12.6. The Kier molecular flexibility index (Phi) is 5.37. The average Bonchev–Trinajstić information content (AvgIpc) is 3.20. The fourth-order valence-electron chi connectivity index (χ4n) is 2.74. The van der Waals surface area contributed by atoms with E-state index in [2.05, 4.69) is 15.0 Å². The van der Waals surface area contributed by atoms with Crippen LogP contribution in [0.1, 0.15) is 43.3 Å². The Morgan fingerprint density at radius 3 is 2.85 bits per heavy atom. The molecule has 7 heteroatoms. The highest BCUT2D eigenvalue weighted by atomic mass is 35.5. The van der Waals surface area contributed by atoms with Crippen LogP contribution in [0.25, 0.3) is 0 Å². The van der Waals surface area contributed by atoms with Crippen LogP contribution in [0, 0.1) is 0 Å². The SMILES string of the molecule is COC1CCN(Cc2nc(C3CC3)no2)C(CN)C1.Cl. The molecule has 20 heavy (non-hydrogen) atoms. The van der Waals surface area contributed by atoms with Crippen LogP contribution in [-0.4, -0.2) is 47.4 Å². The van der Waals surface area contributed by atoms with Gasteiger partial charge in [-0.1, -0.05) is 5.16 Å². The summed E-state index contributed by atoms with van der Waals surface area (Å²) in [5, 5.41) is 4.06. The Labute approximate surface area is 125 Å². The Morgan fingerprint density at radius 1 is 1.40 bits per heavy atom. The second-order valence-corrected chi connectivity index (χ2v) is 5.56. The number of methoxy groups -OCH3 is 1. The molecule has 0 radical (unpaired) electrons. The van der Waals surface area contributed by atoms with Crippen molar-refractivity contribution in [3.05, 3.63) is 11.7 Å². The molecule has 0 spiro atoms. The van der Waals surface area contributed by atoms with Gasteiger partial charge in [0.05, 0.1) is 12.6 Å². The van der Waals surface area contributed by atoms with E-state index in [9.17, 15) is 0 Å². The number of rotatable bonds is 5. The quantitative estimate of drug-likeness (QED) is 0.883. The molecule has 2 aliphatic rings. The van der Waals surface area contributed by atoms with Crippen LogP contribution in [0.15, 0.2) is 4.52 Å². The van der Waals surface area contributed by atoms with Gasteiger partial charge in [-0.3, -0.25) is 4.90 Å². The molecule has 0 aromatic carbocycles. The van der Waals surface area contributed by atoms with Crippen molar-refractivity contribution in [3.8, 4) is 0 Å². The zero-order chi connectivity index (χ0) is 13.2. The largest absolute Gasteiger partial charge is 0.381 e. The van der Waals surface area contributed by atoms with E-state index in [1.54, 1.807) is 7.11 Å². The number of aromatic nitrogens is 2. The summed E-state index contributed by atoms with van der Waals surface area (Å²) in [6.07, 6.45) is 4.75. The molecule has 1 aliphatic heterocycles. The zero-order valence-electron chi connectivity index (χ0n) is 11.8. The molecule has 2 fully saturated rings. The lowest BCUT2D eigenvalue weighted by molar-refractivity contribution is 0.00676. The van der Waals surface area contributed by atoms with Crippen molar-refractivity contribution in [1.29, 1.82) is 0 Å². The minimum absolute atomic E-state index is 0. The van der Waals surface area contributed by atoms with E-state index >= 15 is 0 Å². The van der Waals surface area contributed by atoms with Gasteiger partial charge in [-0.25, -0.2) is 0 Å². The Bertz CT molecular complexity index is 424. The molecule has 2 atom stereocenters. The van der Waals surface area contributed by atoms with Gasteiger partial charge in [-0.2, -0.15) is 4.98 Å². The maximum Gasteiger partial charge on any atom is 0.240 e. The predicted molar refractivity (Wildman–Crippen MR) is 76.8 cm³/mol. The fourth-order valence-corrected chi connectivity index (χ4v) is 2.74. The molecule has 1 saturated heterocycles. The van der Waals surface area contributed by atoms with E-state index in [4.69, 9.17) is 15.0 Å². The minimum atomic E-state index is 0. The number of piperidine rings is 1. The van der Waals surface area contributed by atoms with Crippen molar-refractivity contribution < 1.29 is 9.26 Å². The van der Waals surface area contributed by atoms with Crippen molar-refractivity contribution in [2.24, 2.45) is 5.73 Å². The van der Waals surface area contributed by atoms with Crippen LogP contribution in [0.5, 0.6) is 0 Å². The third-order valence-corrected chi connectivity index (χ3v) is 4.16. The monoisotopic (exact) mass is 302 g/mol. The van der Waals surface area contributed by atoms with Gasteiger partial charge in [0, 0.05) is 32.2 Å². The second kappa shape index (κ2) is 6.85. The average molecular weight is 303 g/mol. The van der Waals surface area contributed by atoms with E-state index < -0.39 is 0 Å². The summed E-state index contributed by atoms with van der Waals surface area (Å²) in [4.78, 5) is 6.82. The van der Waals surface area contributed by atoms with Crippen LogP contribution in [0.2, 0.25) is 0 Å². The predicted octanol–water partition coefficient (Wildman–Crippen LogP) is 1.31. The molecule has 1 saturated carbocycles. The maximum atomic E-state index is 5.86. The maximum absolute atomic E-state index is 5.86. The van der Waals surface area contributed by atoms with Gasteiger partial charge in [-0.05, 0) is 25.7 Å². The van der Waals surface area contributed by atoms with Gasteiger partial charge in [0.25, 0.3) is 0 Å². The standard InChI is InChI=1S/C13H22N4O2.ClH/c1-18-11-4-5-17(10(6-11)7-14)8-12-15-13(16-19-12)9-2-3-9;/h9-11H,2-8,14H2,1H3;1H. The van der Waals surface area contributed by atoms with Gasteiger partial charge in [0.2, 0.25) is 5.89 Å². The lowest BCUT2D eigenvalue weighted by atomic mass is 9.99. The summed E-state index contributed by atoms with van der Waals surface area (Å²) in [6, 6.07) is 0.343. The first-order valence-corrected chi connectivity index (χ1v) is 7.09. The number of ether oxygens (including phenoxy) is 1. The molecule has 2 unspecified atom stereocenters. The smallest absolute Gasteiger partial charge is 0.240 e. The van der Waals surface area contributed by atoms with E-state index in [0.29, 0.717) is 31.2 Å². The number of halogens is 1. The van der Waals surface area contributed by atoms with E-state index in [1.165, 1.54) is 12.8 Å². The van der Waals surface area contributed by atoms with E-state index in [-0.39, 0.29) is 12.4 Å². The van der Waals surface area contributed by atoms with Gasteiger partial charge in [0.15, 0.2) is 5.82 Å². The third-order valence-electron chi connectivity index (χ3n) is 4.16. The van der Waals surface area contributed by atoms with Crippen LogP contribution in [0.3, 0.4) is 0 Å². The number of hydrogen-bond acceptors (Lipinski definition) is 6. The van der Waals surface area contributed by atoms with E-state index in [0.717, 1.165) is 31.1 Å². The normalized spacial score (nSPS) is 27.3. The molecule has 1 aromatic rings. The summed E-state index contributed by atoms with van der Waals surface area (Å²) < 4.78 is 10.8. The first-order chi connectivity index (χ1) is 9.30. The molecule has 1 aromatic heterocycles. The van der Waals surface area contributed by atoms with Gasteiger partial charge < -0.3 is 15.0 Å². The molecule has 6 nitrogen and oxygen atoms in total. The summed E-state index contributed by atoms with van der Waals surface area (Å²) in [7, 11) is 1.77. The summed E-state index contributed by atoms with van der Waals surface area (Å²) in [5.41, 5.74) is 5.86. The van der Waals surface area contributed by atoms with Gasteiger partial charge in [0.1, 0.15) is 0 Å². The fraction of sp³-hybridized carbons (Fsp3) is 0.846. The Balaban J connectivity index is 0.00000147. The number of nitrogens with zero attached hydrogens (tertiary/aromatic N) is 3. The number of hydrogen-bond donors (Lipinski definition) is 1. The van der Waals surface area contributed by atoms with Gasteiger partial charge in [-0.15, -0.1) is 12.4 Å². The van der Waals surface area contributed by atoms with Crippen LogP contribution in [-0.2, 0) is 11.3 Å². The molecule has 2 N–H and O–H groups in total. The van der Waals surface area contributed by atoms with Crippen molar-refractivity contribution in [2.45, 2.75) is 50.3 Å². The lowest BCUT2D eigenvalue weighted by Gasteiger charge is -2.37. The molecule has 1 aliphatic carbocycles. The topological polar surface area (TPSA) is 77.4 Å². The first kappa shape index (κ1) is 15.7. The number of likely N-dealkylation sites (tertiary alicyclic amines) is 1. The van der Waals surface area contributed by atoms with Crippen molar-refractivity contribution in [3.63, 3.8) is 0 Å². The first-order valence-electron chi connectivity index (χ1n) is 7.09. The second-order valence-electron chi connectivity index (χ2n) is 5.56. The lowest BCUT2D eigenvalue weighted by Crippen LogP contribution is -2.48. The highest BCUT2D eigenvalue weighted by Crippen LogP contribution is 2.38. The molecular formula is C13H23ClN4O2. The molecule has 0 amide bonds. The molecule has 3 rings (SSSR count). The van der Waals surface area contributed by atoms with Crippen molar-refractivity contribution >= 4 is 12.4 Å². The highest BCUT2D eigenvalue weighted by Gasteiger charge is 2.31. The summed E-state index contributed by atoms with van der Waals surface area (Å²) in [5.74, 6) is 2.14. The number of nitrogens with two attached hydrogens (primary N) is 1. The molecule has 2 heterocycles. The summed E-state index contributed by atoms with van der Waals surface area (Å²) >= 11 is 0. The van der Waals surface area contributed by atoms with Crippen molar-refractivity contribution in [1.82, 2.24) is 15.0 Å². The van der Waals surface area contributed by atoms with Crippen molar-refractivity contribution in [2.75, 3.05) is 20.2 Å². The van der Waals surface area contributed by atoms with E-state index in [1.807, 2.05) is 0 Å². The molecule has 114 valence electrons. The Morgan fingerprint density at radius 2 is 2.20 bits per heavy atom. The van der Waals surface area contributed by atoms with Crippen LogP contribution < -0.4 is 5.73 Å². The van der Waals surface area contributed by atoms with Crippen LogP contribution in [0.4, 0.5) is 0 Å². The third kappa shape index (κ3) is 3.49. The molecular weight excluding hydrogens is 280 g/mol. The Hall–Kier alpha value is -0.690. The van der Waals surface area contributed by atoms with Crippen LogP contribution >= 0.6 is 12.4 Å². The van der Waals surface area contributed by atoms with Gasteiger partial charge >= 0.3 is 0 Å².